The van der Waals surface area contributed by atoms with Crippen molar-refractivity contribution in [3.05, 3.63) is 52.6 Å². The number of primary amides is 1. The quantitative estimate of drug-likeness (QED) is 0.480. The van der Waals surface area contributed by atoms with Crippen LogP contribution in [0.3, 0.4) is 0 Å². The minimum absolute atomic E-state index is 0.337. The van der Waals surface area contributed by atoms with Crippen molar-refractivity contribution in [1.82, 2.24) is 10.3 Å². The summed E-state index contributed by atoms with van der Waals surface area (Å²) < 4.78 is 0. The molecule has 0 saturated carbocycles. The van der Waals surface area contributed by atoms with Crippen LogP contribution in [-0.2, 0) is 11.2 Å². The number of aromatic nitrogens is 1. The van der Waals surface area contributed by atoms with Gasteiger partial charge in [0, 0.05) is 32.2 Å². The van der Waals surface area contributed by atoms with Gasteiger partial charge in [0.1, 0.15) is 28.2 Å². The van der Waals surface area contributed by atoms with Gasteiger partial charge in [-0.3, -0.25) is 4.79 Å². The number of thioether (sulfide) groups is 1. The summed E-state index contributed by atoms with van der Waals surface area (Å²) in [5.74, 6) is 0.0667. The van der Waals surface area contributed by atoms with Crippen molar-refractivity contribution in [2.75, 3.05) is 31.1 Å². The number of anilines is 1. The predicted molar refractivity (Wildman–Crippen MR) is 130 cm³/mol. The van der Waals surface area contributed by atoms with Gasteiger partial charge in [-0.15, -0.1) is 0 Å². The number of hydrogen-bond donors (Lipinski definition) is 3. The van der Waals surface area contributed by atoms with Gasteiger partial charge in [-0.2, -0.15) is 10.5 Å². The molecule has 1 aliphatic rings. The van der Waals surface area contributed by atoms with E-state index in [1.165, 1.54) is 11.8 Å². The second-order valence-corrected chi connectivity index (χ2v) is 8.96. The summed E-state index contributed by atoms with van der Waals surface area (Å²) in [6.07, 6.45) is 2.32. The zero-order chi connectivity index (χ0) is 23.8. The minimum Gasteiger partial charge on any atom is -0.368 e. The van der Waals surface area contributed by atoms with Gasteiger partial charge in [0.15, 0.2) is 0 Å². The summed E-state index contributed by atoms with van der Waals surface area (Å²) in [5.41, 5.74) is 13.5. The lowest BCUT2D eigenvalue weighted by atomic mass is 10.00. The van der Waals surface area contributed by atoms with Crippen molar-refractivity contribution in [2.24, 2.45) is 11.5 Å². The van der Waals surface area contributed by atoms with E-state index in [1.807, 2.05) is 37.3 Å². The molecule has 5 N–H and O–H groups in total. The lowest BCUT2D eigenvalue weighted by Gasteiger charge is -2.34. The van der Waals surface area contributed by atoms with E-state index in [-0.39, 0.29) is 0 Å². The van der Waals surface area contributed by atoms with Gasteiger partial charge in [0.25, 0.3) is 0 Å². The highest BCUT2D eigenvalue weighted by Crippen LogP contribution is 2.39. The average Bonchev–Trinajstić information content (AvgIpc) is 2.85. The minimum atomic E-state index is -0.692. The second kappa shape index (κ2) is 11.7. The first-order chi connectivity index (χ1) is 16.0. The fourth-order valence-electron chi connectivity index (χ4n) is 4.11. The van der Waals surface area contributed by atoms with Crippen LogP contribution in [-0.4, -0.2) is 43.1 Å². The van der Waals surface area contributed by atoms with Crippen LogP contribution in [0.5, 0.6) is 0 Å². The SMILES string of the molecule is CCc1c(C#N)c(SC(C(N)=O)c2ccccc2)nc(N2CCC(NCCN)CC2)c1C#N. The van der Waals surface area contributed by atoms with E-state index >= 15 is 0 Å². The molecule has 1 saturated heterocycles. The topological polar surface area (TPSA) is 145 Å². The Hall–Kier alpha value is -3.11. The van der Waals surface area contributed by atoms with E-state index < -0.39 is 11.2 Å². The molecule has 1 atom stereocenters. The first-order valence-corrected chi connectivity index (χ1v) is 12.0. The number of rotatable bonds is 9. The summed E-state index contributed by atoms with van der Waals surface area (Å²) in [6, 6.07) is 14.1. The smallest absolute Gasteiger partial charge is 0.235 e. The Morgan fingerprint density at radius 1 is 1.24 bits per heavy atom. The lowest BCUT2D eigenvalue weighted by Crippen LogP contribution is -2.44. The average molecular weight is 464 g/mol. The fraction of sp³-hybridized carbons (Fsp3) is 0.417. The molecule has 1 unspecified atom stereocenters. The number of benzene rings is 1. The maximum Gasteiger partial charge on any atom is 0.235 e. The molecule has 9 heteroatoms. The van der Waals surface area contributed by atoms with Gasteiger partial charge < -0.3 is 21.7 Å². The van der Waals surface area contributed by atoms with Gasteiger partial charge >= 0.3 is 0 Å². The standard InChI is InChI=1S/C24H29N7OS/c1-2-18-19(14-26)23(31-12-8-17(9-13-31)29-11-10-25)30-24(20(18)15-27)33-21(22(28)32)16-6-4-3-5-7-16/h3-7,17,21,29H,2,8-13,25H2,1H3,(H2,28,32). The summed E-state index contributed by atoms with van der Waals surface area (Å²) in [6.45, 7) is 4.76. The molecule has 1 amide bonds. The number of amides is 1. The Morgan fingerprint density at radius 3 is 2.45 bits per heavy atom. The zero-order valence-electron chi connectivity index (χ0n) is 18.8. The Balaban J connectivity index is 2.00. The summed E-state index contributed by atoms with van der Waals surface area (Å²) in [5, 5.41) is 23.1. The molecule has 0 bridgehead atoms. The number of hydrogen-bond acceptors (Lipinski definition) is 8. The molecular weight excluding hydrogens is 434 g/mol. The third-order valence-electron chi connectivity index (χ3n) is 5.79. The maximum atomic E-state index is 12.3. The van der Waals surface area contributed by atoms with Gasteiger partial charge in [-0.1, -0.05) is 49.0 Å². The largest absolute Gasteiger partial charge is 0.368 e. The second-order valence-electron chi connectivity index (χ2n) is 7.86. The molecule has 2 aromatic rings. The third kappa shape index (κ3) is 5.63. The van der Waals surface area contributed by atoms with Gasteiger partial charge in [0.05, 0.1) is 11.1 Å². The number of nitriles is 2. The van der Waals surface area contributed by atoms with Gasteiger partial charge in [-0.05, 0) is 30.4 Å². The van der Waals surface area contributed by atoms with Crippen molar-refractivity contribution >= 4 is 23.5 Å². The monoisotopic (exact) mass is 463 g/mol. The van der Waals surface area contributed by atoms with Crippen LogP contribution in [0.15, 0.2) is 35.4 Å². The highest BCUT2D eigenvalue weighted by molar-refractivity contribution is 8.00. The number of carbonyl (C=O) groups is 1. The number of pyridine rings is 1. The van der Waals surface area contributed by atoms with Crippen LogP contribution in [0.1, 0.15) is 47.3 Å². The molecular formula is C24H29N7OS. The molecule has 33 heavy (non-hydrogen) atoms. The van der Waals surface area contributed by atoms with Gasteiger partial charge in [0.2, 0.25) is 5.91 Å². The summed E-state index contributed by atoms with van der Waals surface area (Å²) >= 11 is 1.17. The molecule has 3 rings (SSSR count). The molecule has 1 aromatic carbocycles. The number of nitrogens with one attached hydrogen (secondary N) is 1. The molecule has 172 valence electrons. The van der Waals surface area contributed by atoms with Crippen LogP contribution in [0.25, 0.3) is 0 Å². The molecule has 1 fully saturated rings. The fourth-order valence-corrected chi connectivity index (χ4v) is 5.17. The molecule has 0 radical (unpaired) electrons. The maximum absolute atomic E-state index is 12.3. The van der Waals surface area contributed by atoms with E-state index in [0.29, 0.717) is 46.5 Å². The Kier molecular flexibility index (Phi) is 8.67. The summed E-state index contributed by atoms with van der Waals surface area (Å²) in [7, 11) is 0. The number of nitrogens with zero attached hydrogens (tertiary/aromatic N) is 4. The molecule has 8 nitrogen and oxygen atoms in total. The highest BCUT2D eigenvalue weighted by Gasteiger charge is 2.29. The Labute approximate surface area is 199 Å². The van der Waals surface area contributed by atoms with Crippen LogP contribution < -0.4 is 21.7 Å². The molecule has 1 aliphatic heterocycles. The van der Waals surface area contributed by atoms with Gasteiger partial charge in [-0.25, -0.2) is 4.98 Å². The van der Waals surface area contributed by atoms with Crippen LogP contribution in [0.4, 0.5) is 5.82 Å². The highest BCUT2D eigenvalue weighted by atomic mass is 32.2. The van der Waals surface area contributed by atoms with E-state index in [2.05, 4.69) is 22.4 Å². The number of piperidine rings is 1. The van der Waals surface area contributed by atoms with Crippen LogP contribution in [0, 0.1) is 22.7 Å². The van der Waals surface area contributed by atoms with E-state index in [1.54, 1.807) is 0 Å². The van der Waals surface area contributed by atoms with Crippen LogP contribution >= 0.6 is 11.8 Å². The molecule has 0 aliphatic carbocycles. The molecule has 0 spiro atoms. The number of carbonyl (C=O) groups excluding carboxylic acids is 1. The zero-order valence-corrected chi connectivity index (χ0v) is 19.6. The van der Waals surface area contributed by atoms with E-state index in [0.717, 1.165) is 38.0 Å². The molecule has 2 heterocycles. The van der Waals surface area contributed by atoms with E-state index in [4.69, 9.17) is 16.5 Å². The first kappa shape index (κ1) is 24.5. The van der Waals surface area contributed by atoms with Crippen molar-refractivity contribution in [1.29, 1.82) is 10.5 Å². The van der Waals surface area contributed by atoms with Crippen molar-refractivity contribution in [2.45, 2.75) is 42.5 Å². The van der Waals surface area contributed by atoms with Crippen molar-refractivity contribution in [3.63, 3.8) is 0 Å². The first-order valence-electron chi connectivity index (χ1n) is 11.1. The third-order valence-corrected chi connectivity index (χ3v) is 7.05. The predicted octanol–water partition coefficient (Wildman–Crippen LogP) is 2.22. The summed E-state index contributed by atoms with van der Waals surface area (Å²) in [4.78, 5) is 19.2. The Bertz CT molecular complexity index is 1050. The molecule has 1 aromatic heterocycles. The van der Waals surface area contributed by atoms with Crippen molar-refractivity contribution in [3.8, 4) is 12.1 Å². The Morgan fingerprint density at radius 2 is 1.91 bits per heavy atom. The lowest BCUT2D eigenvalue weighted by molar-refractivity contribution is -0.117. The van der Waals surface area contributed by atoms with E-state index in [9.17, 15) is 15.3 Å². The normalized spacial score (nSPS) is 15.0. The number of nitrogens with two attached hydrogens (primary N) is 2. The van der Waals surface area contributed by atoms with Crippen LogP contribution in [0.2, 0.25) is 0 Å². The van der Waals surface area contributed by atoms with Crippen molar-refractivity contribution < 1.29 is 4.79 Å².